The van der Waals surface area contributed by atoms with Crippen LogP contribution in [0.3, 0.4) is 0 Å². The van der Waals surface area contributed by atoms with Crippen LogP contribution in [0, 0.1) is 5.92 Å². The third kappa shape index (κ3) is 5.57. The zero-order valence-corrected chi connectivity index (χ0v) is 19.8. The summed E-state index contributed by atoms with van der Waals surface area (Å²) in [6.07, 6.45) is 12.8. The number of carbonyl (C=O) groups excluding carboxylic acids is 2. The maximum atomic E-state index is 12.8. The van der Waals surface area contributed by atoms with E-state index in [0.29, 0.717) is 27.3 Å². The van der Waals surface area contributed by atoms with Gasteiger partial charge >= 0.3 is 5.97 Å². The maximum Gasteiger partial charge on any atom is 0.335 e. The van der Waals surface area contributed by atoms with Crippen LogP contribution in [0.15, 0.2) is 53.5 Å². The molecule has 2 atom stereocenters. The second-order valence-electron chi connectivity index (χ2n) is 8.00. The summed E-state index contributed by atoms with van der Waals surface area (Å²) in [6.45, 7) is 0. The molecule has 2 saturated heterocycles. The number of sulfone groups is 1. The molecule has 1 aliphatic carbocycles. The van der Waals surface area contributed by atoms with Crippen LogP contribution >= 0.6 is 24.0 Å². The topological polar surface area (TPSA) is 80.8 Å². The first-order chi connectivity index (χ1) is 15.3. The van der Waals surface area contributed by atoms with Crippen LogP contribution in [0.2, 0.25) is 0 Å². The normalized spacial score (nSPS) is 26.4. The molecule has 0 spiro atoms. The molecule has 0 radical (unpaired) electrons. The highest BCUT2D eigenvalue weighted by atomic mass is 32.2. The molecule has 0 N–H and O–H groups in total. The number of carbonyl (C=O) groups is 2. The molecule has 0 aromatic heterocycles. The van der Waals surface area contributed by atoms with Gasteiger partial charge in [-0.2, -0.15) is 0 Å². The minimum atomic E-state index is -3.11. The fourth-order valence-corrected chi connectivity index (χ4v) is 7.01. The quantitative estimate of drug-likeness (QED) is 0.204. The second-order valence-corrected chi connectivity index (χ2v) is 11.9. The Morgan fingerprint density at radius 3 is 2.62 bits per heavy atom. The summed E-state index contributed by atoms with van der Waals surface area (Å²) in [7, 11) is -3.11. The maximum absolute atomic E-state index is 12.8. The summed E-state index contributed by atoms with van der Waals surface area (Å²) in [4.78, 5) is 26.7. The molecule has 3 aliphatic rings. The minimum Gasteiger partial charge on any atom is -0.423 e. The fourth-order valence-electron chi connectivity index (χ4n) is 3.91. The van der Waals surface area contributed by atoms with Crippen molar-refractivity contribution in [2.75, 3.05) is 11.5 Å². The van der Waals surface area contributed by atoms with Gasteiger partial charge in [0, 0.05) is 6.08 Å². The van der Waals surface area contributed by atoms with Crippen LogP contribution in [-0.2, 0) is 19.4 Å². The van der Waals surface area contributed by atoms with Crippen molar-refractivity contribution in [3.05, 3.63) is 59.0 Å². The number of amides is 1. The molecular weight excluding hydrogens is 466 g/mol. The SMILES string of the molecule is O=C(/C=C/[C@H]1CC=CCC1)Oc1ccc(/C=C2\SC(=S)N([C@@H]3CCS(=O)(=O)C3)C2=O)cc1. The van der Waals surface area contributed by atoms with Crippen LogP contribution in [0.5, 0.6) is 5.75 Å². The Kier molecular flexibility index (Phi) is 6.97. The number of rotatable bonds is 5. The number of esters is 1. The van der Waals surface area contributed by atoms with Gasteiger partial charge in [-0.3, -0.25) is 9.69 Å². The molecule has 2 fully saturated rings. The average molecular weight is 490 g/mol. The smallest absolute Gasteiger partial charge is 0.335 e. The highest BCUT2D eigenvalue weighted by Crippen LogP contribution is 2.36. The van der Waals surface area contributed by atoms with Crippen molar-refractivity contribution in [2.45, 2.75) is 31.7 Å². The van der Waals surface area contributed by atoms with Gasteiger partial charge in [0.05, 0.1) is 22.5 Å². The summed E-state index contributed by atoms with van der Waals surface area (Å²) in [5.74, 6) is 0.154. The van der Waals surface area contributed by atoms with Crippen LogP contribution in [0.4, 0.5) is 0 Å². The fraction of sp³-hybridized carbons (Fsp3) is 0.348. The van der Waals surface area contributed by atoms with Gasteiger partial charge in [0.1, 0.15) is 10.1 Å². The number of hydrogen-bond donors (Lipinski definition) is 0. The summed E-state index contributed by atoms with van der Waals surface area (Å²) in [6, 6.07) is 6.46. The molecular formula is C23H23NO5S3. The van der Waals surface area contributed by atoms with E-state index in [1.165, 1.54) is 22.7 Å². The van der Waals surface area contributed by atoms with E-state index in [1.54, 1.807) is 30.3 Å². The van der Waals surface area contributed by atoms with Crippen molar-refractivity contribution in [1.29, 1.82) is 0 Å². The van der Waals surface area contributed by atoms with Crippen molar-refractivity contribution in [3.8, 4) is 5.75 Å². The largest absolute Gasteiger partial charge is 0.423 e. The predicted molar refractivity (Wildman–Crippen MR) is 130 cm³/mol. The molecule has 1 amide bonds. The van der Waals surface area contributed by atoms with Crippen molar-refractivity contribution in [2.24, 2.45) is 5.92 Å². The number of ether oxygens (including phenoxy) is 1. The van der Waals surface area contributed by atoms with E-state index in [1.807, 2.05) is 6.08 Å². The van der Waals surface area contributed by atoms with Gasteiger partial charge in [0.2, 0.25) is 0 Å². The molecule has 2 heterocycles. The summed E-state index contributed by atoms with van der Waals surface area (Å²) < 4.78 is 29.3. The summed E-state index contributed by atoms with van der Waals surface area (Å²) >= 11 is 6.50. The molecule has 168 valence electrons. The van der Waals surface area contributed by atoms with Crippen LogP contribution in [0.25, 0.3) is 6.08 Å². The van der Waals surface area contributed by atoms with Gasteiger partial charge in [0.25, 0.3) is 5.91 Å². The third-order valence-electron chi connectivity index (χ3n) is 5.61. The Hall–Kier alpha value is -2.23. The molecule has 6 nitrogen and oxygen atoms in total. The highest BCUT2D eigenvalue weighted by molar-refractivity contribution is 8.26. The Morgan fingerprint density at radius 2 is 1.97 bits per heavy atom. The van der Waals surface area contributed by atoms with Crippen LogP contribution in [-0.4, -0.2) is 47.1 Å². The van der Waals surface area contributed by atoms with E-state index < -0.39 is 21.8 Å². The molecule has 0 unspecified atom stereocenters. The average Bonchev–Trinajstić information content (AvgIpc) is 3.26. The van der Waals surface area contributed by atoms with E-state index in [-0.39, 0.29) is 17.4 Å². The van der Waals surface area contributed by atoms with Crippen LogP contribution < -0.4 is 4.74 Å². The number of allylic oxidation sites excluding steroid dienone is 3. The third-order valence-corrected chi connectivity index (χ3v) is 8.69. The molecule has 2 aliphatic heterocycles. The van der Waals surface area contributed by atoms with E-state index in [9.17, 15) is 18.0 Å². The molecule has 0 bridgehead atoms. The highest BCUT2D eigenvalue weighted by Gasteiger charge is 2.42. The van der Waals surface area contributed by atoms with Gasteiger partial charge < -0.3 is 4.74 Å². The van der Waals surface area contributed by atoms with E-state index in [2.05, 4.69) is 12.2 Å². The lowest BCUT2D eigenvalue weighted by Gasteiger charge is -2.20. The molecule has 1 aromatic carbocycles. The lowest BCUT2D eigenvalue weighted by atomic mass is 9.94. The van der Waals surface area contributed by atoms with Gasteiger partial charge in [-0.15, -0.1) is 0 Å². The zero-order chi connectivity index (χ0) is 22.7. The number of benzene rings is 1. The summed E-state index contributed by atoms with van der Waals surface area (Å²) in [5, 5.41) is 0. The second kappa shape index (κ2) is 9.72. The Bertz CT molecular complexity index is 1120. The first kappa shape index (κ1) is 22.9. The Labute approximate surface area is 197 Å². The van der Waals surface area contributed by atoms with Crippen molar-refractivity contribution in [1.82, 2.24) is 4.90 Å². The zero-order valence-electron chi connectivity index (χ0n) is 17.3. The number of hydrogen-bond acceptors (Lipinski definition) is 7. The van der Waals surface area contributed by atoms with E-state index in [0.717, 1.165) is 24.8 Å². The number of thiocarbonyl (C=S) groups is 1. The first-order valence-electron chi connectivity index (χ1n) is 10.4. The molecule has 32 heavy (non-hydrogen) atoms. The predicted octanol–water partition coefficient (Wildman–Crippen LogP) is 3.89. The molecule has 0 saturated carbocycles. The Balaban J connectivity index is 1.37. The van der Waals surface area contributed by atoms with Gasteiger partial charge in [-0.25, -0.2) is 13.2 Å². The molecule has 9 heteroatoms. The molecule has 1 aromatic rings. The van der Waals surface area contributed by atoms with Crippen molar-refractivity contribution >= 4 is 56.1 Å². The minimum absolute atomic E-state index is 0.0430. The number of nitrogens with zero attached hydrogens (tertiary/aromatic N) is 1. The standard InChI is InChI=1S/C23H23NO5S3/c25-21(11-8-16-4-2-1-3-5-16)29-19-9-6-17(7-10-19)14-20-22(26)24(23(30)31-20)18-12-13-32(27,28)15-18/h1-2,6-11,14,16,18H,3-5,12-13,15H2/b11-8+,20-14-/t16-,18+/m0/s1. The lowest BCUT2D eigenvalue weighted by molar-refractivity contribution is -0.129. The van der Waals surface area contributed by atoms with Crippen molar-refractivity contribution in [3.63, 3.8) is 0 Å². The van der Waals surface area contributed by atoms with Crippen LogP contribution in [0.1, 0.15) is 31.2 Å². The van der Waals surface area contributed by atoms with Crippen molar-refractivity contribution < 1.29 is 22.7 Å². The first-order valence-corrected chi connectivity index (χ1v) is 13.5. The van der Waals surface area contributed by atoms with Gasteiger partial charge in [0.15, 0.2) is 9.84 Å². The van der Waals surface area contributed by atoms with Gasteiger partial charge in [-0.1, -0.05) is 54.3 Å². The monoisotopic (exact) mass is 489 g/mol. The van der Waals surface area contributed by atoms with Gasteiger partial charge in [-0.05, 0) is 55.4 Å². The van der Waals surface area contributed by atoms with E-state index in [4.69, 9.17) is 17.0 Å². The lowest BCUT2D eigenvalue weighted by Crippen LogP contribution is -2.39. The molecule has 4 rings (SSSR count). The van der Waals surface area contributed by atoms with E-state index >= 15 is 0 Å². The Morgan fingerprint density at radius 1 is 1.19 bits per heavy atom. The number of thioether (sulfide) groups is 1. The summed E-state index contributed by atoms with van der Waals surface area (Å²) in [5.41, 5.74) is 0.758.